The molecule has 0 aliphatic carbocycles. The number of rotatable bonds is 6. The molecule has 4 heteroatoms. The lowest BCUT2D eigenvalue weighted by molar-refractivity contribution is 0.598. The molecule has 0 aliphatic rings. The number of aromatic amines is 1. The van der Waals surface area contributed by atoms with Crippen molar-refractivity contribution in [3.05, 3.63) is 102 Å². The maximum atomic E-state index is 6.09. The van der Waals surface area contributed by atoms with Gasteiger partial charge < -0.3 is 4.57 Å². The van der Waals surface area contributed by atoms with Crippen molar-refractivity contribution in [2.24, 2.45) is 0 Å². The topological polar surface area (TPSA) is 33.6 Å². The summed E-state index contributed by atoms with van der Waals surface area (Å²) in [5.74, 6) is 0.327. The Bertz CT molecular complexity index is 924. The predicted molar refractivity (Wildman–Crippen MR) is 106 cm³/mol. The summed E-state index contributed by atoms with van der Waals surface area (Å²) >= 11 is 6.09. The first kappa shape index (κ1) is 16.7. The molecule has 0 saturated heterocycles. The van der Waals surface area contributed by atoms with E-state index in [-0.39, 0.29) is 0 Å². The molecule has 3 nitrogen and oxygen atoms in total. The van der Waals surface area contributed by atoms with E-state index in [1.807, 2.05) is 24.5 Å². The van der Waals surface area contributed by atoms with Crippen molar-refractivity contribution in [2.45, 2.75) is 18.9 Å². The molecule has 0 radical (unpaired) electrons. The van der Waals surface area contributed by atoms with E-state index in [0.717, 1.165) is 23.6 Å². The van der Waals surface area contributed by atoms with Crippen LogP contribution < -0.4 is 0 Å². The minimum absolute atomic E-state index is 0.327. The van der Waals surface area contributed by atoms with Crippen LogP contribution in [0.15, 0.2) is 85.5 Å². The second kappa shape index (κ2) is 7.63. The molecule has 0 spiro atoms. The number of aryl methyl sites for hydroxylation is 1. The quantitative estimate of drug-likeness (QED) is 0.465. The van der Waals surface area contributed by atoms with Crippen LogP contribution in [0.5, 0.6) is 0 Å². The molecule has 130 valence electrons. The fourth-order valence-electron chi connectivity index (χ4n) is 3.33. The Hall–Kier alpha value is -2.78. The fraction of sp³-hybridized carbons (Fsp3) is 0.136. The predicted octanol–water partition coefficient (Wildman–Crippen LogP) is 5.75. The highest BCUT2D eigenvalue weighted by molar-refractivity contribution is 6.30. The van der Waals surface area contributed by atoms with E-state index >= 15 is 0 Å². The van der Waals surface area contributed by atoms with E-state index < -0.39 is 0 Å². The van der Waals surface area contributed by atoms with Gasteiger partial charge in [-0.05, 0) is 47.4 Å². The van der Waals surface area contributed by atoms with Gasteiger partial charge in [-0.15, -0.1) is 0 Å². The molecule has 4 rings (SSSR count). The summed E-state index contributed by atoms with van der Waals surface area (Å²) in [6, 6.07) is 21.1. The molecule has 2 heterocycles. The molecule has 2 aromatic carbocycles. The van der Waals surface area contributed by atoms with Crippen LogP contribution in [0, 0.1) is 0 Å². The molecular formula is C22H20ClN3. The fourth-order valence-corrected chi connectivity index (χ4v) is 3.46. The van der Waals surface area contributed by atoms with Gasteiger partial charge in [-0.2, -0.15) is 5.10 Å². The number of H-pyrrole nitrogens is 1. The van der Waals surface area contributed by atoms with Gasteiger partial charge in [0, 0.05) is 41.6 Å². The molecule has 1 N–H and O–H groups in total. The Kier molecular flexibility index (Phi) is 4.89. The molecule has 0 aliphatic heterocycles. The van der Waals surface area contributed by atoms with Gasteiger partial charge in [0.1, 0.15) is 0 Å². The smallest absolute Gasteiger partial charge is 0.0565 e. The molecule has 26 heavy (non-hydrogen) atoms. The zero-order valence-electron chi connectivity index (χ0n) is 14.3. The third kappa shape index (κ3) is 3.73. The number of aromatic nitrogens is 3. The maximum absolute atomic E-state index is 6.09. The van der Waals surface area contributed by atoms with Crippen molar-refractivity contribution < 1.29 is 0 Å². The largest absolute Gasteiger partial charge is 0.354 e. The third-order valence-electron chi connectivity index (χ3n) is 4.76. The van der Waals surface area contributed by atoms with Gasteiger partial charge in [0.25, 0.3) is 0 Å². The number of nitrogens with one attached hydrogen (secondary N) is 1. The summed E-state index contributed by atoms with van der Waals surface area (Å²) in [4.78, 5) is 0. The first-order valence-electron chi connectivity index (χ1n) is 8.75. The van der Waals surface area contributed by atoms with E-state index in [2.05, 4.69) is 75.7 Å². The second-order valence-electron chi connectivity index (χ2n) is 6.42. The minimum Gasteiger partial charge on any atom is -0.354 e. The number of benzene rings is 2. The number of hydrogen-bond acceptors (Lipinski definition) is 1. The van der Waals surface area contributed by atoms with E-state index in [1.54, 1.807) is 0 Å². The van der Waals surface area contributed by atoms with Crippen LogP contribution >= 0.6 is 11.6 Å². The summed E-state index contributed by atoms with van der Waals surface area (Å²) in [5, 5.41) is 7.67. The van der Waals surface area contributed by atoms with Gasteiger partial charge >= 0.3 is 0 Å². The minimum atomic E-state index is 0.327. The van der Waals surface area contributed by atoms with E-state index in [4.69, 9.17) is 11.6 Å². The Morgan fingerprint density at radius 3 is 2.15 bits per heavy atom. The standard InChI is InChI=1S/C22H20ClN3/c23-21-9-7-19(8-10-21)22(11-14-26-12-1-2-13-26)18-5-3-17(4-6-18)20-15-24-25-16-20/h1-10,12-13,15-16,22H,11,14H2,(H,24,25). The van der Waals surface area contributed by atoms with Gasteiger partial charge in [0.05, 0.1) is 6.20 Å². The summed E-state index contributed by atoms with van der Waals surface area (Å²) in [6.45, 7) is 0.976. The number of nitrogens with zero attached hydrogens (tertiary/aromatic N) is 2. The van der Waals surface area contributed by atoms with Crippen LogP contribution in [-0.2, 0) is 6.54 Å². The first-order valence-corrected chi connectivity index (χ1v) is 9.13. The highest BCUT2D eigenvalue weighted by Crippen LogP contribution is 2.31. The Balaban J connectivity index is 1.61. The van der Waals surface area contributed by atoms with Crippen LogP contribution in [0.4, 0.5) is 0 Å². The van der Waals surface area contributed by atoms with Crippen LogP contribution in [0.25, 0.3) is 11.1 Å². The van der Waals surface area contributed by atoms with Crippen LogP contribution in [-0.4, -0.2) is 14.8 Å². The molecular weight excluding hydrogens is 342 g/mol. The van der Waals surface area contributed by atoms with Crippen LogP contribution in [0.3, 0.4) is 0 Å². The average Bonchev–Trinajstić information content (AvgIpc) is 3.38. The van der Waals surface area contributed by atoms with Gasteiger partial charge in [-0.1, -0.05) is 48.0 Å². The average molecular weight is 362 g/mol. The molecule has 2 aromatic heterocycles. The second-order valence-corrected chi connectivity index (χ2v) is 6.86. The molecule has 0 bridgehead atoms. The highest BCUT2D eigenvalue weighted by atomic mass is 35.5. The van der Waals surface area contributed by atoms with Crippen molar-refractivity contribution in [1.82, 2.24) is 14.8 Å². The van der Waals surface area contributed by atoms with Gasteiger partial charge in [-0.3, -0.25) is 5.10 Å². The normalized spacial score (nSPS) is 12.2. The van der Waals surface area contributed by atoms with Gasteiger partial charge in [0.2, 0.25) is 0 Å². The Labute approximate surface area is 158 Å². The molecule has 0 amide bonds. The zero-order chi connectivity index (χ0) is 17.8. The highest BCUT2D eigenvalue weighted by Gasteiger charge is 2.15. The lowest BCUT2D eigenvalue weighted by atomic mass is 9.88. The molecule has 4 aromatic rings. The van der Waals surface area contributed by atoms with E-state index in [0.29, 0.717) is 5.92 Å². The molecule has 0 fully saturated rings. The summed E-state index contributed by atoms with van der Waals surface area (Å²) < 4.78 is 2.22. The number of halogens is 1. The monoisotopic (exact) mass is 361 g/mol. The van der Waals surface area contributed by atoms with Crippen molar-refractivity contribution >= 4 is 11.6 Å². The van der Waals surface area contributed by atoms with Crippen molar-refractivity contribution in [1.29, 1.82) is 0 Å². The lowest BCUT2D eigenvalue weighted by Gasteiger charge is -2.19. The molecule has 1 unspecified atom stereocenters. The number of hydrogen-bond donors (Lipinski definition) is 1. The zero-order valence-corrected chi connectivity index (χ0v) is 15.1. The SMILES string of the molecule is Clc1ccc(C(CCn2cccc2)c2ccc(-c3cn[nH]c3)cc2)cc1. The third-order valence-corrected chi connectivity index (χ3v) is 5.01. The molecule has 0 saturated carbocycles. The van der Waals surface area contributed by atoms with Gasteiger partial charge in [-0.25, -0.2) is 0 Å². The van der Waals surface area contributed by atoms with Crippen molar-refractivity contribution in [3.63, 3.8) is 0 Å². The van der Waals surface area contributed by atoms with Crippen LogP contribution in [0.2, 0.25) is 5.02 Å². The van der Waals surface area contributed by atoms with Crippen LogP contribution in [0.1, 0.15) is 23.5 Å². The van der Waals surface area contributed by atoms with E-state index in [9.17, 15) is 0 Å². The Morgan fingerprint density at radius 2 is 1.54 bits per heavy atom. The summed E-state index contributed by atoms with van der Waals surface area (Å²) in [7, 11) is 0. The van der Waals surface area contributed by atoms with Gasteiger partial charge in [0.15, 0.2) is 0 Å². The van der Waals surface area contributed by atoms with E-state index in [1.165, 1.54) is 16.7 Å². The first-order chi connectivity index (χ1) is 12.8. The summed E-state index contributed by atoms with van der Waals surface area (Å²) in [6.07, 6.45) is 9.01. The van der Waals surface area contributed by atoms with Crippen molar-refractivity contribution in [3.8, 4) is 11.1 Å². The maximum Gasteiger partial charge on any atom is 0.0565 e. The summed E-state index contributed by atoms with van der Waals surface area (Å²) in [5.41, 5.74) is 4.87. The molecule has 1 atom stereocenters. The Morgan fingerprint density at radius 1 is 0.885 bits per heavy atom. The van der Waals surface area contributed by atoms with Crippen molar-refractivity contribution in [2.75, 3.05) is 0 Å². The lowest BCUT2D eigenvalue weighted by Crippen LogP contribution is -2.06.